The van der Waals surface area contributed by atoms with Crippen molar-refractivity contribution in [3.63, 3.8) is 0 Å². The molecule has 1 heterocycles. The van der Waals surface area contributed by atoms with Crippen LogP contribution in [0.2, 0.25) is 0 Å². The summed E-state index contributed by atoms with van der Waals surface area (Å²) in [7, 11) is 0. The first-order chi connectivity index (χ1) is 12.2. The number of alkyl carbamates (subject to hydrolysis) is 1. The van der Waals surface area contributed by atoms with Gasteiger partial charge in [0.2, 0.25) is 0 Å². The minimum Gasteiger partial charge on any atom is -0.458 e. The molecule has 2 rings (SSSR count). The molecule has 8 nitrogen and oxygen atoms in total. The van der Waals surface area contributed by atoms with Gasteiger partial charge in [-0.2, -0.15) is 0 Å². The molecule has 0 unspecified atom stereocenters. The molecule has 0 aliphatic carbocycles. The third kappa shape index (κ3) is 5.45. The van der Waals surface area contributed by atoms with Crippen LogP contribution in [0.3, 0.4) is 0 Å². The molecule has 1 aliphatic rings. The van der Waals surface area contributed by atoms with E-state index in [1.54, 1.807) is 27.7 Å². The Morgan fingerprint density at radius 1 is 1.19 bits per heavy atom. The summed E-state index contributed by atoms with van der Waals surface area (Å²) in [5.41, 5.74) is 0.218. The Labute approximate surface area is 152 Å². The molecule has 26 heavy (non-hydrogen) atoms. The zero-order valence-corrected chi connectivity index (χ0v) is 15.4. The second-order valence-electron chi connectivity index (χ2n) is 6.95. The van der Waals surface area contributed by atoms with Gasteiger partial charge in [-0.25, -0.2) is 14.7 Å². The first kappa shape index (κ1) is 19.7. The normalized spacial score (nSPS) is 19.5. The second-order valence-corrected chi connectivity index (χ2v) is 6.95. The summed E-state index contributed by atoms with van der Waals surface area (Å²) in [4.78, 5) is 40.7. The lowest BCUT2D eigenvalue weighted by Crippen LogP contribution is -2.69. The second kappa shape index (κ2) is 8.18. The van der Waals surface area contributed by atoms with E-state index in [1.807, 2.05) is 30.3 Å². The summed E-state index contributed by atoms with van der Waals surface area (Å²) in [5, 5.41) is 3.54. The van der Waals surface area contributed by atoms with Crippen LogP contribution in [0.4, 0.5) is 4.79 Å². The van der Waals surface area contributed by atoms with E-state index in [0.717, 1.165) is 10.6 Å². The van der Waals surface area contributed by atoms with Gasteiger partial charge in [-0.3, -0.25) is 9.63 Å². The minimum atomic E-state index is -0.753. The number of hydrogen-bond acceptors (Lipinski definition) is 6. The summed E-state index contributed by atoms with van der Waals surface area (Å²) < 4.78 is 10.2. The quantitative estimate of drug-likeness (QED) is 0.611. The number of β-lactam (4-membered cyclic amide) rings is 1. The summed E-state index contributed by atoms with van der Waals surface area (Å²) in [6.45, 7) is 6.65. The molecule has 142 valence electrons. The maximum Gasteiger partial charge on any atom is 0.408 e. The van der Waals surface area contributed by atoms with Crippen LogP contribution in [0, 0.1) is 0 Å². The van der Waals surface area contributed by atoms with Crippen LogP contribution < -0.4 is 5.32 Å². The lowest BCUT2D eigenvalue weighted by atomic mass is 10.0. The van der Waals surface area contributed by atoms with Gasteiger partial charge in [0.1, 0.15) is 18.2 Å². The van der Waals surface area contributed by atoms with E-state index >= 15 is 0 Å². The van der Waals surface area contributed by atoms with Gasteiger partial charge in [-0.1, -0.05) is 30.3 Å². The molecule has 1 aromatic rings. The maximum atomic E-state index is 12.1. The molecule has 1 fully saturated rings. The van der Waals surface area contributed by atoms with E-state index in [2.05, 4.69) is 5.32 Å². The molecule has 2 atom stereocenters. The molecule has 1 aliphatic heterocycles. The Kier molecular flexibility index (Phi) is 6.20. The van der Waals surface area contributed by atoms with E-state index in [1.165, 1.54) is 0 Å². The average molecular weight is 364 g/mol. The summed E-state index contributed by atoms with van der Waals surface area (Å²) in [6.07, 6.45) is -0.689. The number of hydroxylamine groups is 2. The van der Waals surface area contributed by atoms with Crippen LogP contribution in [0.1, 0.15) is 33.3 Å². The number of nitrogens with one attached hydrogen (secondary N) is 1. The average Bonchev–Trinajstić information content (AvgIpc) is 2.57. The first-order valence-electron chi connectivity index (χ1n) is 8.32. The summed E-state index contributed by atoms with van der Waals surface area (Å²) in [5.74, 6) is -1.02. The van der Waals surface area contributed by atoms with Crippen LogP contribution in [-0.2, 0) is 30.5 Å². The van der Waals surface area contributed by atoms with Crippen molar-refractivity contribution < 1.29 is 28.7 Å². The Bertz CT molecular complexity index is 655. The first-order valence-corrected chi connectivity index (χ1v) is 8.32. The molecule has 0 aromatic heterocycles. The topological polar surface area (TPSA) is 94.2 Å². The van der Waals surface area contributed by atoms with Crippen LogP contribution in [0.5, 0.6) is 0 Å². The molecule has 0 spiro atoms. The highest BCUT2D eigenvalue weighted by molar-refractivity contribution is 5.91. The fourth-order valence-corrected chi connectivity index (χ4v) is 2.35. The number of carbonyl (C=O) groups excluding carboxylic acids is 3. The highest BCUT2D eigenvalue weighted by Gasteiger charge is 2.47. The number of nitrogens with zero attached hydrogens (tertiary/aromatic N) is 1. The summed E-state index contributed by atoms with van der Waals surface area (Å²) >= 11 is 0. The molecular weight excluding hydrogens is 340 g/mol. The van der Waals surface area contributed by atoms with E-state index in [9.17, 15) is 14.4 Å². The number of amides is 2. The van der Waals surface area contributed by atoms with Gasteiger partial charge >= 0.3 is 12.1 Å². The minimum absolute atomic E-state index is 0.112. The van der Waals surface area contributed by atoms with Gasteiger partial charge < -0.3 is 14.8 Å². The molecule has 2 amide bonds. The standard InChI is InChI=1S/C18H24N2O6/c1-12-15(19-17(23)24-10-13-8-6-5-7-9-13)16(22)20(12)25-11-14(21)26-18(2,3)4/h5-9,12,15H,10-11H2,1-4H3,(H,19,23)/t12-,15-/m0/s1. The third-order valence-corrected chi connectivity index (χ3v) is 3.56. The van der Waals surface area contributed by atoms with Gasteiger partial charge in [0.25, 0.3) is 5.91 Å². The van der Waals surface area contributed by atoms with Crippen LogP contribution in [-0.4, -0.2) is 47.3 Å². The molecule has 0 radical (unpaired) electrons. The number of benzene rings is 1. The van der Waals surface area contributed by atoms with Crippen molar-refractivity contribution in [1.82, 2.24) is 10.4 Å². The smallest absolute Gasteiger partial charge is 0.408 e. The van der Waals surface area contributed by atoms with Crippen molar-refractivity contribution >= 4 is 18.0 Å². The largest absolute Gasteiger partial charge is 0.458 e. The van der Waals surface area contributed by atoms with Gasteiger partial charge in [0.05, 0.1) is 6.04 Å². The molecule has 8 heteroatoms. The van der Waals surface area contributed by atoms with Gasteiger partial charge in [-0.15, -0.1) is 0 Å². The highest BCUT2D eigenvalue weighted by atomic mass is 16.7. The van der Waals surface area contributed by atoms with Crippen LogP contribution in [0.15, 0.2) is 30.3 Å². The molecule has 1 saturated heterocycles. The Hall–Kier alpha value is -2.61. The molecular formula is C18H24N2O6. The highest BCUT2D eigenvalue weighted by Crippen LogP contribution is 2.20. The fourth-order valence-electron chi connectivity index (χ4n) is 2.35. The third-order valence-electron chi connectivity index (χ3n) is 3.56. The Balaban J connectivity index is 1.73. The molecule has 0 saturated carbocycles. The predicted molar refractivity (Wildman–Crippen MR) is 91.7 cm³/mol. The predicted octanol–water partition coefficient (Wildman–Crippen LogP) is 1.79. The number of hydrogen-bond donors (Lipinski definition) is 1. The van der Waals surface area contributed by atoms with E-state index in [4.69, 9.17) is 14.3 Å². The monoisotopic (exact) mass is 364 g/mol. The van der Waals surface area contributed by atoms with Crippen molar-refractivity contribution in [2.75, 3.05) is 6.61 Å². The van der Waals surface area contributed by atoms with Crippen molar-refractivity contribution in [3.05, 3.63) is 35.9 Å². The SMILES string of the molecule is C[C@H]1[C@H](NC(=O)OCc2ccccc2)C(=O)N1OCC(=O)OC(C)(C)C. The van der Waals surface area contributed by atoms with Crippen molar-refractivity contribution in [2.45, 2.75) is 52.0 Å². The lowest BCUT2D eigenvalue weighted by molar-refractivity contribution is -0.235. The number of esters is 1. The maximum absolute atomic E-state index is 12.1. The van der Waals surface area contributed by atoms with Crippen molar-refractivity contribution in [3.8, 4) is 0 Å². The van der Waals surface area contributed by atoms with Gasteiger partial charge in [0, 0.05) is 0 Å². The molecule has 1 N–H and O–H groups in total. The Morgan fingerprint density at radius 3 is 2.42 bits per heavy atom. The number of rotatable bonds is 6. The number of ether oxygens (including phenoxy) is 2. The van der Waals surface area contributed by atoms with Crippen LogP contribution >= 0.6 is 0 Å². The van der Waals surface area contributed by atoms with E-state index < -0.39 is 35.7 Å². The van der Waals surface area contributed by atoms with Crippen molar-refractivity contribution in [2.24, 2.45) is 0 Å². The lowest BCUT2D eigenvalue weighted by Gasteiger charge is -2.43. The zero-order chi connectivity index (χ0) is 19.3. The zero-order valence-electron chi connectivity index (χ0n) is 15.4. The van der Waals surface area contributed by atoms with Crippen molar-refractivity contribution in [1.29, 1.82) is 0 Å². The van der Waals surface area contributed by atoms with Gasteiger partial charge in [0.15, 0.2) is 6.61 Å². The molecule has 1 aromatic carbocycles. The van der Waals surface area contributed by atoms with E-state index in [0.29, 0.717) is 0 Å². The molecule has 0 bridgehead atoms. The van der Waals surface area contributed by atoms with Gasteiger partial charge in [-0.05, 0) is 33.3 Å². The fraction of sp³-hybridized carbons (Fsp3) is 0.500. The van der Waals surface area contributed by atoms with E-state index in [-0.39, 0.29) is 13.2 Å². The Morgan fingerprint density at radius 2 is 1.85 bits per heavy atom. The van der Waals surface area contributed by atoms with Crippen LogP contribution in [0.25, 0.3) is 0 Å². The summed E-state index contributed by atoms with van der Waals surface area (Å²) in [6, 6.07) is 8.03. The number of carbonyl (C=O) groups is 3.